The van der Waals surface area contributed by atoms with E-state index in [9.17, 15) is 4.79 Å². The second-order valence-corrected chi connectivity index (χ2v) is 5.54. The van der Waals surface area contributed by atoms with Gasteiger partial charge in [-0.05, 0) is 62.3 Å². The van der Waals surface area contributed by atoms with E-state index >= 15 is 0 Å². The lowest BCUT2D eigenvalue weighted by Gasteiger charge is -2.22. The summed E-state index contributed by atoms with van der Waals surface area (Å²) in [6.07, 6.45) is 5.20. The maximum atomic E-state index is 11.2. The van der Waals surface area contributed by atoms with Crippen LogP contribution in [0.1, 0.15) is 43.7 Å². The number of hydrogen-bond donors (Lipinski definition) is 1. The lowest BCUT2D eigenvalue weighted by atomic mass is 9.89. The molecule has 0 saturated heterocycles. The van der Waals surface area contributed by atoms with Crippen LogP contribution >= 0.6 is 0 Å². The Bertz CT molecular complexity index is 473. The van der Waals surface area contributed by atoms with Gasteiger partial charge in [0.1, 0.15) is 5.75 Å². The molecule has 2 rings (SSSR count). The molecule has 0 fully saturated rings. The first-order valence-electron chi connectivity index (χ1n) is 7.85. The fraction of sp³-hybridized carbons (Fsp3) is 0.588. The van der Waals surface area contributed by atoms with E-state index in [0.29, 0.717) is 19.6 Å². The molecule has 1 aromatic carbocycles. The van der Waals surface area contributed by atoms with Crippen molar-refractivity contribution >= 4 is 5.97 Å². The molecule has 0 spiro atoms. The molecule has 0 bridgehead atoms. The molecule has 0 unspecified atom stereocenters. The zero-order valence-corrected chi connectivity index (χ0v) is 12.8. The Morgan fingerprint density at radius 3 is 3.00 bits per heavy atom. The number of carbonyl (C=O) groups is 1. The Kier molecular flexibility index (Phi) is 6.05. The highest BCUT2D eigenvalue weighted by Gasteiger charge is 2.15. The fourth-order valence-electron chi connectivity index (χ4n) is 2.65. The smallest absolute Gasteiger partial charge is 0.305 e. The molecule has 0 amide bonds. The van der Waals surface area contributed by atoms with E-state index < -0.39 is 0 Å². The predicted octanol–water partition coefficient (Wildman–Crippen LogP) is 2.61. The normalized spacial score (nSPS) is 17.1. The summed E-state index contributed by atoms with van der Waals surface area (Å²) in [5, 5.41) is 0. The van der Waals surface area contributed by atoms with Crippen molar-refractivity contribution in [3.05, 3.63) is 29.3 Å². The van der Waals surface area contributed by atoms with Gasteiger partial charge in [0.2, 0.25) is 0 Å². The minimum atomic E-state index is -0.125. The lowest BCUT2D eigenvalue weighted by Crippen LogP contribution is -2.27. The number of nitrogens with two attached hydrogens (primary N) is 1. The van der Waals surface area contributed by atoms with Crippen LogP contribution in [0.3, 0.4) is 0 Å². The highest BCUT2D eigenvalue weighted by Crippen LogP contribution is 2.25. The van der Waals surface area contributed by atoms with Crippen molar-refractivity contribution in [1.82, 2.24) is 0 Å². The molecule has 0 aromatic heterocycles. The third kappa shape index (κ3) is 5.05. The molecule has 1 atom stereocenters. The SMILES string of the molecule is CCOC(=O)CCCCOc1ccc2c(c1)C[C@@H](N)CC2. The molecule has 0 saturated carbocycles. The van der Waals surface area contributed by atoms with E-state index in [-0.39, 0.29) is 12.0 Å². The molecule has 116 valence electrons. The topological polar surface area (TPSA) is 61.5 Å². The van der Waals surface area contributed by atoms with Gasteiger partial charge in [-0.3, -0.25) is 4.79 Å². The van der Waals surface area contributed by atoms with Crippen LogP contribution in [-0.4, -0.2) is 25.2 Å². The summed E-state index contributed by atoms with van der Waals surface area (Å²) in [5.74, 6) is 0.777. The summed E-state index contributed by atoms with van der Waals surface area (Å²) in [5.41, 5.74) is 8.72. The number of esters is 1. The van der Waals surface area contributed by atoms with Gasteiger partial charge in [-0.1, -0.05) is 6.07 Å². The lowest BCUT2D eigenvalue weighted by molar-refractivity contribution is -0.143. The number of benzene rings is 1. The number of ether oxygens (including phenoxy) is 2. The van der Waals surface area contributed by atoms with Crippen molar-refractivity contribution in [3.8, 4) is 5.75 Å². The van der Waals surface area contributed by atoms with E-state index in [4.69, 9.17) is 15.2 Å². The zero-order valence-electron chi connectivity index (χ0n) is 12.8. The van der Waals surface area contributed by atoms with Crippen LogP contribution < -0.4 is 10.5 Å². The van der Waals surface area contributed by atoms with Crippen molar-refractivity contribution in [2.45, 2.75) is 51.5 Å². The van der Waals surface area contributed by atoms with E-state index in [2.05, 4.69) is 12.1 Å². The first kappa shape index (κ1) is 15.8. The van der Waals surface area contributed by atoms with Crippen molar-refractivity contribution in [1.29, 1.82) is 0 Å². The molecule has 4 nitrogen and oxygen atoms in total. The highest BCUT2D eigenvalue weighted by atomic mass is 16.5. The number of carbonyl (C=O) groups excluding carboxylic acids is 1. The molecule has 2 N–H and O–H groups in total. The second-order valence-electron chi connectivity index (χ2n) is 5.54. The zero-order chi connectivity index (χ0) is 15.1. The van der Waals surface area contributed by atoms with Gasteiger partial charge in [0, 0.05) is 12.5 Å². The maximum absolute atomic E-state index is 11.2. The van der Waals surface area contributed by atoms with Crippen LogP contribution in [0.25, 0.3) is 0 Å². The van der Waals surface area contributed by atoms with Crippen molar-refractivity contribution in [3.63, 3.8) is 0 Å². The minimum absolute atomic E-state index is 0.125. The van der Waals surface area contributed by atoms with Gasteiger partial charge in [-0.15, -0.1) is 0 Å². The number of hydrogen-bond acceptors (Lipinski definition) is 4. The van der Waals surface area contributed by atoms with E-state index in [1.165, 1.54) is 11.1 Å². The van der Waals surface area contributed by atoms with E-state index in [1.807, 2.05) is 13.0 Å². The molecular formula is C17H25NO3. The van der Waals surface area contributed by atoms with Gasteiger partial charge in [0.25, 0.3) is 0 Å². The van der Waals surface area contributed by atoms with Crippen LogP contribution in [0, 0.1) is 0 Å². The minimum Gasteiger partial charge on any atom is -0.494 e. The number of unbranched alkanes of at least 4 members (excludes halogenated alkanes) is 1. The van der Waals surface area contributed by atoms with Crippen molar-refractivity contribution < 1.29 is 14.3 Å². The summed E-state index contributed by atoms with van der Waals surface area (Å²) in [6, 6.07) is 6.56. The monoisotopic (exact) mass is 291 g/mol. The Labute approximate surface area is 126 Å². The van der Waals surface area contributed by atoms with Crippen molar-refractivity contribution in [2.24, 2.45) is 5.73 Å². The molecule has 1 aliphatic carbocycles. The van der Waals surface area contributed by atoms with Gasteiger partial charge >= 0.3 is 5.97 Å². The number of fused-ring (bicyclic) bond motifs is 1. The van der Waals surface area contributed by atoms with Crippen molar-refractivity contribution in [2.75, 3.05) is 13.2 Å². The third-order valence-corrected chi connectivity index (χ3v) is 3.79. The molecular weight excluding hydrogens is 266 g/mol. The Morgan fingerprint density at radius 2 is 2.19 bits per heavy atom. The average Bonchev–Trinajstić information content (AvgIpc) is 2.46. The highest BCUT2D eigenvalue weighted by molar-refractivity contribution is 5.69. The number of rotatable bonds is 7. The quantitative estimate of drug-likeness (QED) is 0.619. The molecule has 0 aliphatic heterocycles. The van der Waals surface area contributed by atoms with Crippen LogP contribution in [0.2, 0.25) is 0 Å². The van der Waals surface area contributed by atoms with Gasteiger partial charge in [-0.2, -0.15) is 0 Å². The first-order valence-corrected chi connectivity index (χ1v) is 7.85. The van der Waals surface area contributed by atoms with Crippen LogP contribution in [0.15, 0.2) is 18.2 Å². The second kappa shape index (κ2) is 8.03. The average molecular weight is 291 g/mol. The Hall–Kier alpha value is -1.55. The summed E-state index contributed by atoms with van der Waals surface area (Å²) in [6.45, 7) is 2.90. The molecule has 0 radical (unpaired) electrons. The van der Waals surface area contributed by atoms with Crippen LogP contribution in [-0.2, 0) is 22.4 Å². The van der Waals surface area contributed by atoms with Crippen LogP contribution in [0.5, 0.6) is 5.75 Å². The Morgan fingerprint density at radius 1 is 1.33 bits per heavy atom. The molecule has 1 aliphatic rings. The Balaban J connectivity index is 1.72. The van der Waals surface area contributed by atoms with Gasteiger partial charge in [0.15, 0.2) is 0 Å². The first-order chi connectivity index (χ1) is 10.2. The van der Waals surface area contributed by atoms with E-state index in [0.717, 1.165) is 37.9 Å². The summed E-state index contributed by atoms with van der Waals surface area (Å²) in [7, 11) is 0. The summed E-state index contributed by atoms with van der Waals surface area (Å²) >= 11 is 0. The number of aryl methyl sites for hydroxylation is 1. The largest absolute Gasteiger partial charge is 0.494 e. The molecule has 1 aromatic rings. The van der Waals surface area contributed by atoms with Gasteiger partial charge in [0.05, 0.1) is 13.2 Å². The summed E-state index contributed by atoms with van der Waals surface area (Å²) < 4.78 is 10.6. The van der Waals surface area contributed by atoms with E-state index in [1.54, 1.807) is 0 Å². The maximum Gasteiger partial charge on any atom is 0.305 e. The van der Waals surface area contributed by atoms with Crippen LogP contribution in [0.4, 0.5) is 0 Å². The molecule has 0 heterocycles. The molecule has 21 heavy (non-hydrogen) atoms. The molecule has 4 heteroatoms. The van der Waals surface area contributed by atoms with Gasteiger partial charge < -0.3 is 15.2 Å². The van der Waals surface area contributed by atoms with Gasteiger partial charge in [-0.25, -0.2) is 0 Å². The standard InChI is InChI=1S/C17H25NO3/c1-2-20-17(19)5-3-4-10-21-16-9-7-13-6-8-15(18)11-14(13)12-16/h7,9,12,15H,2-6,8,10-11,18H2,1H3/t15-/m0/s1. The summed E-state index contributed by atoms with van der Waals surface area (Å²) in [4.78, 5) is 11.2. The fourth-order valence-corrected chi connectivity index (χ4v) is 2.65. The third-order valence-electron chi connectivity index (χ3n) is 3.79. The predicted molar refractivity (Wildman–Crippen MR) is 82.4 cm³/mol.